The van der Waals surface area contributed by atoms with Crippen LogP contribution in [-0.2, 0) is 16.0 Å². The second-order valence-electron chi connectivity index (χ2n) is 7.61. The van der Waals surface area contributed by atoms with Crippen LogP contribution in [-0.4, -0.2) is 29.9 Å². The summed E-state index contributed by atoms with van der Waals surface area (Å²) in [4.78, 5) is 23.3. The lowest BCUT2D eigenvalue weighted by molar-refractivity contribution is -0.138. The molecule has 0 amide bonds. The summed E-state index contributed by atoms with van der Waals surface area (Å²) in [6.45, 7) is 0. The van der Waals surface area contributed by atoms with Crippen LogP contribution in [0, 0.1) is 5.41 Å². The predicted molar refractivity (Wildman–Crippen MR) is 119 cm³/mol. The Hall–Kier alpha value is -1.79. The van der Waals surface area contributed by atoms with Crippen LogP contribution >= 0.6 is 27.7 Å². The number of carbonyl (C=O) groups excluding carboxylic acids is 1. The van der Waals surface area contributed by atoms with Crippen LogP contribution in [0.2, 0.25) is 0 Å². The number of rotatable bonds is 10. The zero-order valence-electron chi connectivity index (χ0n) is 16.4. The first kappa shape index (κ1) is 21.9. The van der Waals surface area contributed by atoms with Gasteiger partial charge in [-0.05, 0) is 60.4 Å². The Morgan fingerprint density at radius 3 is 2.62 bits per heavy atom. The number of methoxy groups -OCH3 is 1. The van der Waals surface area contributed by atoms with Gasteiger partial charge < -0.3 is 9.84 Å². The van der Waals surface area contributed by atoms with Crippen molar-refractivity contribution in [1.82, 2.24) is 0 Å². The molecule has 2 aromatic rings. The quantitative estimate of drug-likeness (QED) is 0.432. The molecule has 1 atom stereocenters. The van der Waals surface area contributed by atoms with Gasteiger partial charge in [-0.25, -0.2) is 4.79 Å². The van der Waals surface area contributed by atoms with E-state index in [4.69, 9.17) is 4.74 Å². The minimum Gasteiger partial charge on any atom is -0.481 e. The van der Waals surface area contributed by atoms with Gasteiger partial charge in [0.05, 0.1) is 19.1 Å². The molecule has 0 bridgehead atoms. The van der Waals surface area contributed by atoms with Crippen molar-refractivity contribution in [2.75, 3.05) is 12.9 Å². The standard InChI is InChI=1S/C23H25BrO4S/c1-28-22(27)19-8-3-2-5-16(19)9-10-20(17-6-4-7-18(24)13-17)29-15-23(11-12-23)14-21(25)26/h2-8,13,20H,9-12,14-15H2,1H3,(H,25,26). The van der Waals surface area contributed by atoms with Gasteiger partial charge in [-0.3, -0.25) is 4.79 Å². The molecule has 1 aliphatic rings. The second kappa shape index (κ2) is 9.81. The number of carboxylic acid groups (broad SMARTS) is 1. The maximum Gasteiger partial charge on any atom is 0.338 e. The van der Waals surface area contributed by atoms with Gasteiger partial charge in [0.15, 0.2) is 0 Å². The molecule has 1 fully saturated rings. The minimum atomic E-state index is -0.714. The molecule has 29 heavy (non-hydrogen) atoms. The number of esters is 1. The normalized spacial score (nSPS) is 15.5. The number of carbonyl (C=O) groups is 2. The number of ether oxygens (including phenoxy) is 1. The summed E-state index contributed by atoms with van der Waals surface area (Å²) < 4.78 is 5.95. The summed E-state index contributed by atoms with van der Waals surface area (Å²) in [5.74, 6) is -0.186. The lowest BCUT2D eigenvalue weighted by Crippen LogP contribution is -2.13. The Morgan fingerprint density at radius 2 is 1.97 bits per heavy atom. The monoisotopic (exact) mass is 476 g/mol. The van der Waals surface area contributed by atoms with Gasteiger partial charge in [-0.2, -0.15) is 11.8 Å². The van der Waals surface area contributed by atoms with Gasteiger partial charge >= 0.3 is 11.9 Å². The highest BCUT2D eigenvalue weighted by molar-refractivity contribution is 9.10. The van der Waals surface area contributed by atoms with Crippen molar-refractivity contribution in [3.05, 3.63) is 69.7 Å². The van der Waals surface area contributed by atoms with Crippen molar-refractivity contribution in [1.29, 1.82) is 0 Å². The third-order valence-corrected chi connectivity index (χ3v) is 7.58. The molecule has 0 aliphatic heterocycles. The maximum atomic E-state index is 12.1. The molecule has 0 aromatic heterocycles. The fourth-order valence-electron chi connectivity index (χ4n) is 3.53. The van der Waals surface area contributed by atoms with Crippen LogP contribution in [0.5, 0.6) is 0 Å². The lowest BCUT2D eigenvalue weighted by Gasteiger charge is -2.21. The number of aryl methyl sites for hydroxylation is 1. The topological polar surface area (TPSA) is 63.6 Å². The average Bonchev–Trinajstić information content (AvgIpc) is 3.46. The first-order valence-electron chi connectivity index (χ1n) is 9.67. The van der Waals surface area contributed by atoms with Gasteiger partial charge in [0.1, 0.15) is 0 Å². The third kappa shape index (κ3) is 6.09. The SMILES string of the molecule is COC(=O)c1ccccc1CCC(SCC1(CC(=O)O)CC1)c1cccc(Br)c1. The predicted octanol–water partition coefficient (Wildman–Crippen LogP) is 5.90. The molecular weight excluding hydrogens is 452 g/mol. The first-order chi connectivity index (χ1) is 13.9. The zero-order valence-corrected chi connectivity index (χ0v) is 18.8. The molecular formula is C23H25BrO4S. The van der Waals surface area contributed by atoms with E-state index in [2.05, 4.69) is 28.1 Å². The molecule has 0 spiro atoms. The number of hydrogen-bond donors (Lipinski definition) is 1. The molecule has 1 unspecified atom stereocenters. The number of aliphatic carboxylic acids is 1. The molecule has 6 heteroatoms. The van der Waals surface area contributed by atoms with Crippen LogP contribution in [0.25, 0.3) is 0 Å². The van der Waals surface area contributed by atoms with E-state index in [1.165, 1.54) is 12.7 Å². The van der Waals surface area contributed by atoms with Gasteiger partial charge in [-0.1, -0.05) is 46.3 Å². The van der Waals surface area contributed by atoms with E-state index in [1.807, 2.05) is 42.1 Å². The van der Waals surface area contributed by atoms with Gasteiger partial charge in [-0.15, -0.1) is 0 Å². The first-order valence-corrected chi connectivity index (χ1v) is 11.5. The fourth-order valence-corrected chi connectivity index (χ4v) is 5.52. The van der Waals surface area contributed by atoms with Crippen molar-refractivity contribution >= 4 is 39.6 Å². The molecule has 0 radical (unpaired) electrons. The van der Waals surface area contributed by atoms with Crippen LogP contribution < -0.4 is 0 Å². The molecule has 1 aliphatic carbocycles. The Labute approximate surface area is 184 Å². The fraction of sp³-hybridized carbons (Fsp3) is 0.391. The van der Waals surface area contributed by atoms with E-state index in [1.54, 1.807) is 6.07 Å². The van der Waals surface area contributed by atoms with E-state index >= 15 is 0 Å². The number of halogens is 1. The number of hydrogen-bond acceptors (Lipinski definition) is 4. The molecule has 154 valence electrons. The Morgan fingerprint density at radius 1 is 1.21 bits per heavy atom. The summed E-state index contributed by atoms with van der Waals surface area (Å²) in [6, 6.07) is 15.8. The van der Waals surface area contributed by atoms with Crippen LogP contribution in [0.1, 0.15) is 52.4 Å². The second-order valence-corrected chi connectivity index (χ2v) is 9.72. The summed E-state index contributed by atoms with van der Waals surface area (Å²) in [5.41, 5.74) is 2.75. The smallest absolute Gasteiger partial charge is 0.338 e. The zero-order chi connectivity index (χ0) is 20.9. The lowest BCUT2D eigenvalue weighted by atomic mass is 9.99. The summed E-state index contributed by atoms with van der Waals surface area (Å²) >= 11 is 5.39. The largest absolute Gasteiger partial charge is 0.481 e. The van der Waals surface area contributed by atoms with Crippen molar-refractivity contribution in [2.24, 2.45) is 5.41 Å². The molecule has 1 saturated carbocycles. The molecule has 0 saturated heterocycles. The van der Waals surface area contributed by atoms with E-state index in [9.17, 15) is 14.7 Å². The van der Waals surface area contributed by atoms with Gasteiger partial charge in [0.25, 0.3) is 0 Å². The molecule has 4 nitrogen and oxygen atoms in total. The number of benzene rings is 2. The molecule has 0 heterocycles. The van der Waals surface area contributed by atoms with Crippen LogP contribution in [0.4, 0.5) is 0 Å². The van der Waals surface area contributed by atoms with Crippen molar-refractivity contribution in [3.8, 4) is 0 Å². The number of thioether (sulfide) groups is 1. The number of carboxylic acids is 1. The van der Waals surface area contributed by atoms with Crippen molar-refractivity contribution < 1.29 is 19.4 Å². The van der Waals surface area contributed by atoms with E-state index in [0.29, 0.717) is 5.56 Å². The van der Waals surface area contributed by atoms with E-state index < -0.39 is 5.97 Å². The highest BCUT2D eigenvalue weighted by atomic mass is 79.9. The van der Waals surface area contributed by atoms with Gasteiger partial charge in [0.2, 0.25) is 0 Å². The van der Waals surface area contributed by atoms with Crippen molar-refractivity contribution in [3.63, 3.8) is 0 Å². The van der Waals surface area contributed by atoms with Crippen LogP contribution in [0.15, 0.2) is 53.0 Å². The van der Waals surface area contributed by atoms with Crippen LogP contribution in [0.3, 0.4) is 0 Å². The average molecular weight is 477 g/mol. The summed E-state index contributed by atoms with van der Waals surface area (Å²) in [7, 11) is 1.40. The van der Waals surface area contributed by atoms with Gasteiger partial charge in [0, 0.05) is 15.5 Å². The third-order valence-electron chi connectivity index (χ3n) is 5.39. The van der Waals surface area contributed by atoms with Crippen molar-refractivity contribution in [2.45, 2.75) is 37.4 Å². The Bertz CT molecular complexity index is 879. The molecule has 1 N–H and O–H groups in total. The Balaban J connectivity index is 1.74. The van der Waals surface area contributed by atoms with E-state index in [0.717, 1.165) is 41.5 Å². The van der Waals surface area contributed by atoms with E-state index in [-0.39, 0.29) is 23.1 Å². The highest BCUT2D eigenvalue weighted by Crippen LogP contribution is 2.53. The summed E-state index contributed by atoms with van der Waals surface area (Å²) in [6.07, 6.45) is 3.83. The Kier molecular flexibility index (Phi) is 7.41. The maximum absolute atomic E-state index is 12.1. The molecule has 3 rings (SSSR count). The molecule has 2 aromatic carbocycles. The highest BCUT2D eigenvalue weighted by Gasteiger charge is 2.44. The summed E-state index contributed by atoms with van der Waals surface area (Å²) in [5, 5.41) is 9.43. The minimum absolute atomic E-state index is 0.0509.